The summed E-state index contributed by atoms with van der Waals surface area (Å²) in [5.74, 6) is 0.0781. The number of aromatic nitrogens is 3. The van der Waals surface area contributed by atoms with Gasteiger partial charge in [-0.2, -0.15) is 5.10 Å². The van der Waals surface area contributed by atoms with Crippen molar-refractivity contribution in [2.75, 3.05) is 6.54 Å². The van der Waals surface area contributed by atoms with Crippen molar-refractivity contribution >= 4 is 5.91 Å². The smallest absolute Gasteiger partial charge is 0.275 e. The van der Waals surface area contributed by atoms with E-state index in [0.717, 1.165) is 43.6 Å². The number of rotatable bonds is 1. The van der Waals surface area contributed by atoms with Crippen molar-refractivity contribution in [3.05, 3.63) is 41.0 Å². The average molecular weight is 284 g/mol. The standard InChI is InChI=1S/C16H20N4O/c1-11-14-7-4-8-19(14)9-10-20(11)16(21)15-12-5-2-3-6-13(12)17-18-15/h4,7-8,11H,2-3,5-6,9-10H2,1H3,(H,17,18). The highest BCUT2D eigenvalue weighted by molar-refractivity contribution is 5.94. The van der Waals surface area contributed by atoms with Gasteiger partial charge in [-0.1, -0.05) is 0 Å². The van der Waals surface area contributed by atoms with Crippen LogP contribution in [0.3, 0.4) is 0 Å². The first-order chi connectivity index (χ1) is 10.3. The Labute approximate surface area is 123 Å². The highest BCUT2D eigenvalue weighted by atomic mass is 16.2. The first-order valence-corrected chi connectivity index (χ1v) is 7.78. The van der Waals surface area contributed by atoms with Gasteiger partial charge in [0.25, 0.3) is 5.91 Å². The Morgan fingerprint density at radius 2 is 2.19 bits per heavy atom. The number of H-pyrrole nitrogens is 1. The van der Waals surface area contributed by atoms with E-state index in [-0.39, 0.29) is 11.9 Å². The number of amides is 1. The van der Waals surface area contributed by atoms with Crippen molar-refractivity contribution in [3.8, 4) is 0 Å². The van der Waals surface area contributed by atoms with Gasteiger partial charge >= 0.3 is 0 Å². The fourth-order valence-corrected chi connectivity index (χ4v) is 3.65. The average Bonchev–Trinajstić information content (AvgIpc) is 3.14. The summed E-state index contributed by atoms with van der Waals surface area (Å²) >= 11 is 0. The molecule has 2 aromatic rings. The Bertz CT molecular complexity index is 684. The Hall–Kier alpha value is -2.04. The number of carbonyl (C=O) groups excluding carboxylic acids is 1. The second-order valence-electron chi connectivity index (χ2n) is 6.04. The molecule has 0 saturated carbocycles. The minimum absolute atomic E-state index is 0.0781. The first-order valence-electron chi connectivity index (χ1n) is 7.78. The molecule has 110 valence electrons. The number of aryl methyl sites for hydroxylation is 1. The number of nitrogens with zero attached hydrogens (tertiary/aromatic N) is 3. The molecule has 21 heavy (non-hydrogen) atoms. The molecular formula is C16H20N4O. The number of hydrogen-bond acceptors (Lipinski definition) is 2. The molecule has 1 atom stereocenters. The molecule has 4 rings (SSSR count). The summed E-state index contributed by atoms with van der Waals surface area (Å²) in [5, 5.41) is 7.40. The van der Waals surface area contributed by atoms with Gasteiger partial charge in [0.15, 0.2) is 5.69 Å². The maximum absolute atomic E-state index is 12.9. The maximum Gasteiger partial charge on any atom is 0.275 e. The van der Waals surface area contributed by atoms with E-state index < -0.39 is 0 Å². The lowest BCUT2D eigenvalue weighted by molar-refractivity contribution is 0.0636. The Balaban J connectivity index is 1.65. The predicted octanol–water partition coefficient (Wildman–Crippen LogP) is 2.31. The molecule has 5 heteroatoms. The van der Waals surface area contributed by atoms with Crippen LogP contribution in [0.15, 0.2) is 18.3 Å². The van der Waals surface area contributed by atoms with Crippen LogP contribution in [0.5, 0.6) is 0 Å². The van der Waals surface area contributed by atoms with Gasteiger partial charge in [0.1, 0.15) is 0 Å². The number of hydrogen-bond donors (Lipinski definition) is 1. The van der Waals surface area contributed by atoms with Crippen LogP contribution in [0.1, 0.15) is 53.2 Å². The zero-order valence-corrected chi connectivity index (χ0v) is 12.3. The van der Waals surface area contributed by atoms with E-state index in [2.05, 4.69) is 40.0 Å². The van der Waals surface area contributed by atoms with Gasteiger partial charge in [0.2, 0.25) is 0 Å². The monoisotopic (exact) mass is 284 g/mol. The molecule has 2 aromatic heterocycles. The molecule has 1 N–H and O–H groups in total. The molecule has 1 amide bonds. The molecular weight excluding hydrogens is 264 g/mol. The van der Waals surface area contributed by atoms with Gasteiger partial charge in [-0.25, -0.2) is 0 Å². The van der Waals surface area contributed by atoms with Crippen LogP contribution in [0.2, 0.25) is 0 Å². The lowest BCUT2D eigenvalue weighted by Crippen LogP contribution is -2.41. The molecule has 5 nitrogen and oxygen atoms in total. The van der Waals surface area contributed by atoms with Gasteiger partial charge in [0, 0.05) is 36.2 Å². The van der Waals surface area contributed by atoms with Crippen LogP contribution >= 0.6 is 0 Å². The van der Waals surface area contributed by atoms with Gasteiger partial charge < -0.3 is 9.47 Å². The van der Waals surface area contributed by atoms with Gasteiger partial charge in [-0.05, 0) is 44.7 Å². The van der Waals surface area contributed by atoms with E-state index in [0.29, 0.717) is 5.69 Å². The second kappa shape index (κ2) is 4.76. The van der Waals surface area contributed by atoms with E-state index in [1.807, 2.05) is 4.90 Å². The number of aromatic amines is 1. The lowest BCUT2D eigenvalue weighted by atomic mass is 9.95. The highest BCUT2D eigenvalue weighted by Gasteiger charge is 2.31. The van der Waals surface area contributed by atoms with Crippen LogP contribution in [0.25, 0.3) is 0 Å². The molecule has 2 aliphatic rings. The van der Waals surface area contributed by atoms with Crippen LogP contribution in [-0.2, 0) is 19.4 Å². The quantitative estimate of drug-likeness (QED) is 0.873. The molecule has 0 radical (unpaired) electrons. The SMILES string of the molecule is CC1c2cccn2CCN1C(=O)c1n[nH]c2c1CCCC2. The van der Waals surface area contributed by atoms with Gasteiger partial charge in [-0.3, -0.25) is 9.89 Å². The van der Waals surface area contributed by atoms with Crippen molar-refractivity contribution in [2.24, 2.45) is 0 Å². The van der Waals surface area contributed by atoms with E-state index in [1.54, 1.807) is 0 Å². The third-order valence-electron chi connectivity index (χ3n) is 4.86. The van der Waals surface area contributed by atoms with Crippen molar-refractivity contribution in [1.29, 1.82) is 0 Å². The normalized spacial score (nSPS) is 21.0. The topological polar surface area (TPSA) is 53.9 Å². The van der Waals surface area contributed by atoms with Gasteiger partial charge in [0.05, 0.1) is 6.04 Å². The zero-order valence-electron chi connectivity index (χ0n) is 12.3. The molecule has 0 spiro atoms. The third kappa shape index (κ3) is 1.91. The molecule has 0 saturated heterocycles. The van der Waals surface area contributed by atoms with Crippen LogP contribution in [0, 0.1) is 0 Å². The summed E-state index contributed by atoms with van der Waals surface area (Å²) in [6.07, 6.45) is 6.44. The fraction of sp³-hybridized carbons (Fsp3) is 0.500. The third-order valence-corrected chi connectivity index (χ3v) is 4.86. The maximum atomic E-state index is 12.9. The Morgan fingerprint density at radius 3 is 3.10 bits per heavy atom. The Morgan fingerprint density at radius 1 is 1.33 bits per heavy atom. The minimum atomic E-state index is 0.0781. The van der Waals surface area contributed by atoms with E-state index in [1.165, 1.54) is 12.1 Å². The summed E-state index contributed by atoms with van der Waals surface area (Å²) in [5.41, 5.74) is 4.17. The number of nitrogens with one attached hydrogen (secondary N) is 1. The lowest BCUT2D eigenvalue weighted by Gasteiger charge is -2.34. The minimum Gasteiger partial charge on any atom is -0.348 e. The molecule has 0 aromatic carbocycles. The summed E-state index contributed by atoms with van der Waals surface area (Å²) in [6.45, 7) is 3.72. The molecule has 0 bridgehead atoms. The number of carbonyl (C=O) groups is 1. The van der Waals surface area contributed by atoms with E-state index >= 15 is 0 Å². The molecule has 1 unspecified atom stereocenters. The predicted molar refractivity (Wildman–Crippen MR) is 79.1 cm³/mol. The largest absolute Gasteiger partial charge is 0.348 e. The molecule has 1 aliphatic heterocycles. The summed E-state index contributed by atoms with van der Waals surface area (Å²) < 4.78 is 2.23. The summed E-state index contributed by atoms with van der Waals surface area (Å²) in [7, 11) is 0. The van der Waals surface area contributed by atoms with E-state index in [9.17, 15) is 4.79 Å². The number of fused-ring (bicyclic) bond motifs is 2. The van der Waals surface area contributed by atoms with Crippen molar-refractivity contribution in [2.45, 2.75) is 45.2 Å². The summed E-state index contributed by atoms with van der Waals surface area (Å²) in [4.78, 5) is 14.9. The molecule has 1 aliphatic carbocycles. The molecule has 3 heterocycles. The van der Waals surface area contributed by atoms with Crippen molar-refractivity contribution in [1.82, 2.24) is 19.7 Å². The summed E-state index contributed by atoms with van der Waals surface area (Å²) in [6, 6.07) is 4.26. The zero-order chi connectivity index (χ0) is 14.4. The van der Waals surface area contributed by atoms with Crippen LogP contribution < -0.4 is 0 Å². The Kier molecular flexibility index (Phi) is 2.87. The van der Waals surface area contributed by atoms with Crippen LogP contribution in [0.4, 0.5) is 0 Å². The second-order valence-corrected chi connectivity index (χ2v) is 6.04. The highest BCUT2D eigenvalue weighted by Crippen LogP contribution is 2.29. The first kappa shape index (κ1) is 12.7. The van der Waals surface area contributed by atoms with E-state index in [4.69, 9.17) is 0 Å². The van der Waals surface area contributed by atoms with Crippen molar-refractivity contribution < 1.29 is 4.79 Å². The van der Waals surface area contributed by atoms with Crippen LogP contribution in [-0.4, -0.2) is 32.1 Å². The fourth-order valence-electron chi connectivity index (χ4n) is 3.65. The van der Waals surface area contributed by atoms with Gasteiger partial charge in [-0.15, -0.1) is 0 Å². The van der Waals surface area contributed by atoms with Crippen molar-refractivity contribution in [3.63, 3.8) is 0 Å². The molecule has 0 fully saturated rings.